The van der Waals surface area contributed by atoms with Crippen molar-refractivity contribution in [3.8, 4) is 22.3 Å². The van der Waals surface area contributed by atoms with Crippen LogP contribution in [0.1, 0.15) is 16.7 Å². The van der Waals surface area contributed by atoms with E-state index in [1.54, 1.807) is 0 Å². The van der Waals surface area contributed by atoms with Gasteiger partial charge in [-0.2, -0.15) is 0 Å². The second-order valence-electron chi connectivity index (χ2n) is 8.90. The fraction of sp³-hybridized carbons (Fsp3) is 0. The van der Waals surface area contributed by atoms with E-state index >= 15 is 0 Å². The van der Waals surface area contributed by atoms with E-state index in [-0.39, 0.29) is 0 Å². The van der Waals surface area contributed by atoms with Crippen LogP contribution in [0.2, 0.25) is 0 Å². The molecule has 0 saturated heterocycles. The minimum Gasteiger partial charge on any atom is -0.0622 e. The largest absolute Gasteiger partial charge is 0.0622 e. The summed E-state index contributed by atoms with van der Waals surface area (Å²) in [4.78, 5) is 0. The van der Waals surface area contributed by atoms with Crippen LogP contribution < -0.4 is 0 Å². The first-order chi connectivity index (χ1) is 16.9. The molecular formula is C34H22. The van der Waals surface area contributed by atoms with Crippen LogP contribution in [0.3, 0.4) is 0 Å². The van der Waals surface area contributed by atoms with Crippen molar-refractivity contribution in [3.05, 3.63) is 144 Å². The predicted octanol–water partition coefficient (Wildman–Crippen LogP) is 9.23. The van der Waals surface area contributed by atoms with Crippen LogP contribution in [0, 0.1) is 0 Å². The van der Waals surface area contributed by atoms with Crippen LogP contribution in [0.25, 0.3) is 55.4 Å². The van der Waals surface area contributed by atoms with Crippen molar-refractivity contribution < 1.29 is 0 Å². The molecule has 0 saturated carbocycles. The van der Waals surface area contributed by atoms with E-state index in [0.29, 0.717) is 0 Å². The summed E-state index contributed by atoms with van der Waals surface area (Å²) in [7, 11) is 0. The molecule has 34 heavy (non-hydrogen) atoms. The molecule has 0 aliphatic heterocycles. The van der Waals surface area contributed by atoms with Crippen molar-refractivity contribution in [2.45, 2.75) is 0 Å². The quantitative estimate of drug-likeness (QED) is 0.240. The molecule has 0 amide bonds. The lowest BCUT2D eigenvalue weighted by molar-refractivity contribution is 1.65. The second-order valence-corrected chi connectivity index (χ2v) is 8.90. The molecule has 0 fully saturated rings. The summed E-state index contributed by atoms with van der Waals surface area (Å²) in [5.74, 6) is 0. The zero-order valence-corrected chi connectivity index (χ0v) is 18.7. The van der Waals surface area contributed by atoms with Gasteiger partial charge in [-0.05, 0) is 72.1 Å². The van der Waals surface area contributed by atoms with Crippen molar-refractivity contribution in [3.63, 3.8) is 0 Å². The Labute approximate surface area is 199 Å². The van der Waals surface area contributed by atoms with Gasteiger partial charge in [0.25, 0.3) is 0 Å². The standard InChI is InChI=1S/C34H22/c1-2-12-23(13-3-1)34-30-20-10-8-18-28(30)33(29-19-9-11-21-31(29)34)22-32-26-16-6-4-14-24(26)25-15-5-7-17-27(25)32/h1-22H. The Bertz CT molecular complexity index is 1630. The van der Waals surface area contributed by atoms with Gasteiger partial charge < -0.3 is 0 Å². The summed E-state index contributed by atoms with van der Waals surface area (Å²) in [6.45, 7) is 0. The molecule has 0 atom stereocenters. The summed E-state index contributed by atoms with van der Waals surface area (Å²) in [5.41, 5.74) is 10.4. The van der Waals surface area contributed by atoms with Crippen LogP contribution >= 0.6 is 0 Å². The number of rotatable bonds is 2. The minimum atomic E-state index is 1.26. The first kappa shape index (κ1) is 19.1. The van der Waals surface area contributed by atoms with Gasteiger partial charge in [0.2, 0.25) is 0 Å². The molecule has 158 valence electrons. The average molecular weight is 431 g/mol. The zero-order chi connectivity index (χ0) is 22.5. The number of fused-ring (bicyclic) bond motifs is 5. The molecule has 0 nitrogen and oxygen atoms in total. The number of benzene rings is 6. The van der Waals surface area contributed by atoms with E-state index in [1.807, 2.05) is 0 Å². The maximum atomic E-state index is 2.42. The third-order valence-electron chi connectivity index (χ3n) is 7.05. The first-order valence-corrected chi connectivity index (χ1v) is 11.8. The highest BCUT2D eigenvalue weighted by atomic mass is 14.3. The molecule has 1 aliphatic rings. The fourth-order valence-corrected chi connectivity index (χ4v) is 5.58. The molecule has 0 spiro atoms. The van der Waals surface area contributed by atoms with Gasteiger partial charge in [0, 0.05) is 0 Å². The Morgan fingerprint density at radius 1 is 0.353 bits per heavy atom. The van der Waals surface area contributed by atoms with Gasteiger partial charge in [-0.25, -0.2) is 0 Å². The van der Waals surface area contributed by atoms with Crippen LogP contribution in [0.4, 0.5) is 0 Å². The molecule has 0 aromatic heterocycles. The number of hydrogen-bond acceptors (Lipinski definition) is 0. The predicted molar refractivity (Wildman–Crippen MR) is 146 cm³/mol. The second kappa shape index (κ2) is 7.57. The topological polar surface area (TPSA) is 0 Å². The average Bonchev–Trinajstić information content (AvgIpc) is 3.23. The Hall–Kier alpha value is -4.42. The third kappa shape index (κ3) is 2.79. The van der Waals surface area contributed by atoms with E-state index < -0.39 is 0 Å². The monoisotopic (exact) mass is 430 g/mol. The highest BCUT2D eigenvalue weighted by molar-refractivity contribution is 6.20. The molecule has 6 aromatic rings. The zero-order valence-electron chi connectivity index (χ0n) is 18.7. The number of hydrogen-bond donors (Lipinski definition) is 0. The van der Waals surface area contributed by atoms with Gasteiger partial charge in [-0.3, -0.25) is 0 Å². The van der Waals surface area contributed by atoms with Crippen molar-refractivity contribution in [1.29, 1.82) is 0 Å². The van der Waals surface area contributed by atoms with Crippen LogP contribution in [-0.4, -0.2) is 0 Å². The molecular weight excluding hydrogens is 408 g/mol. The maximum Gasteiger partial charge on any atom is -0.00264 e. The molecule has 0 heterocycles. The molecule has 0 heteroatoms. The Morgan fingerprint density at radius 3 is 1.29 bits per heavy atom. The smallest absolute Gasteiger partial charge is 0.00264 e. The summed E-state index contributed by atoms with van der Waals surface area (Å²) in [6.07, 6.45) is 2.42. The third-order valence-corrected chi connectivity index (χ3v) is 7.05. The van der Waals surface area contributed by atoms with E-state index in [1.165, 1.54) is 66.1 Å². The summed E-state index contributed by atoms with van der Waals surface area (Å²) in [6, 6.07) is 46.0. The van der Waals surface area contributed by atoms with Crippen molar-refractivity contribution >= 4 is 33.2 Å². The van der Waals surface area contributed by atoms with E-state index in [2.05, 4.69) is 133 Å². The highest BCUT2D eigenvalue weighted by Gasteiger charge is 2.23. The Morgan fingerprint density at radius 2 is 0.765 bits per heavy atom. The lowest BCUT2D eigenvalue weighted by Gasteiger charge is -2.16. The van der Waals surface area contributed by atoms with Crippen molar-refractivity contribution in [2.24, 2.45) is 0 Å². The van der Waals surface area contributed by atoms with Gasteiger partial charge in [0.1, 0.15) is 0 Å². The summed E-state index contributed by atoms with van der Waals surface area (Å²) >= 11 is 0. The SMILES string of the molecule is C(=C1c2ccccc2-c2ccccc21)c1c2ccccc2c(-c2ccccc2)c2ccccc12. The van der Waals surface area contributed by atoms with Crippen molar-refractivity contribution in [1.82, 2.24) is 0 Å². The molecule has 7 rings (SSSR count). The van der Waals surface area contributed by atoms with E-state index in [0.717, 1.165) is 0 Å². The van der Waals surface area contributed by atoms with Crippen LogP contribution in [0.15, 0.2) is 127 Å². The minimum absolute atomic E-state index is 1.26. The highest BCUT2D eigenvalue weighted by Crippen LogP contribution is 2.47. The van der Waals surface area contributed by atoms with Crippen molar-refractivity contribution in [2.75, 3.05) is 0 Å². The van der Waals surface area contributed by atoms with E-state index in [9.17, 15) is 0 Å². The maximum absolute atomic E-state index is 2.42. The molecule has 1 aliphatic carbocycles. The lowest BCUT2D eigenvalue weighted by Crippen LogP contribution is -1.91. The van der Waals surface area contributed by atoms with E-state index in [4.69, 9.17) is 0 Å². The Balaban J connectivity index is 1.62. The van der Waals surface area contributed by atoms with Gasteiger partial charge in [-0.1, -0.05) is 127 Å². The normalized spacial score (nSPS) is 12.1. The lowest BCUT2D eigenvalue weighted by atomic mass is 9.87. The van der Waals surface area contributed by atoms with Crippen LogP contribution in [-0.2, 0) is 0 Å². The first-order valence-electron chi connectivity index (χ1n) is 11.8. The molecule has 0 radical (unpaired) electrons. The Kier molecular flexibility index (Phi) is 4.25. The van der Waals surface area contributed by atoms with Gasteiger partial charge in [-0.15, -0.1) is 0 Å². The van der Waals surface area contributed by atoms with Gasteiger partial charge >= 0.3 is 0 Å². The molecule has 0 N–H and O–H groups in total. The fourth-order valence-electron chi connectivity index (χ4n) is 5.58. The van der Waals surface area contributed by atoms with Gasteiger partial charge in [0.05, 0.1) is 0 Å². The van der Waals surface area contributed by atoms with Crippen LogP contribution in [0.5, 0.6) is 0 Å². The summed E-state index contributed by atoms with van der Waals surface area (Å²) < 4.78 is 0. The molecule has 6 aromatic carbocycles. The van der Waals surface area contributed by atoms with Gasteiger partial charge in [0.15, 0.2) is 0 Å². The summed E-state index contributed by atoms with van der Waals surface area (Å²) in [5, 5.41) is 5.15. The molecule has 0 unspecified atom stereocenters. The molecule has 0 bridgehead atoms.